The quantitative estimate of drug-likeness (QED) is 0.530. The Balaban J connectivity index is 1.28. The topological polar surface area (TPSA) is 67.9 Å². The van der Waals surface area contributed by atoms with E-state index in [0.717, 1.165) is 60.1 Å². The molecule has 0 aliphatic carbocycles. The Labute approximate surface area is 190 Å². The second-order valence-corrected chi connectivity index (χ2v) is 9.52. The monoisotopic (exact) mass is 436 g/mol. The Bertz CT molecular complexity index is 1110. The van der Waals surface area contributed by atoms with Crippen molar-refractivity contribution in [3.8, 4) is 0 Å². The zero-order valence-electron chi connectivity index (χ0n) is 20.1. The Morgan fingerprint density at radius 3 is 2.44 bits per heavy atom. The number of hydrogen-bond acceptors (Lipinski definition) is 6. The summed E-state index contributed by atoms with van der Waals surface area (Å²) in [6.45, 7) is 12.9. The zero-order valence-corrected chi connectivity index (χ0v) is 20.1. The van der Waals surface area contributed by atoms with E-state index in [0.29, 0.717) is 0 Å². The molecule has 5 heterocycles. The van der Waals surface area contributed by atoms with Crippen LogP contribution < -0.4 is 4.90 Å². The molecule has 0 bridgehead atoms. The fraction of sp³-hybridized carbons (Fsp3) is 0.667. The Morgan fingerprint density at radius 1 is 0.844 bits per heavy atom. The van der Waals surface area contributed by atoms with Gasteiger partial charge in [-0.25, -0.2) is 9.97 Å². The van der Waals surface area contributed by atoms with E-state index in [1.54, 1.807) is 0 Å². The molecule has 8 nitrogen and oxygen atoms in total. The molecule has 0 N–H and O–H groups in total. The molecule has 0 atom stereocenters. The summed E-state index contributed by atoms with van der Waals surface area (Å²) in [5.41, 5.74) is 6.89. The Morgan fingerprint density at radius 2 is 1.62 bits per heavy atom. The van der Waals surface area contributed by atoms with E-state index in [1.807, 2.05) is 25.6 Å². The number of hydrogen-bond donors (Lipinski definition) is 0. The van der Waals surface area contributed by atoms with Gasteiger partial charge < -0.3 is 9.80 Å². The molecule has 172 valence electrons. The van der Waals surface area contributed by atoms with Gasteiger partial charge in [-0.1, -0.05) is 6.42 Å². The van der Waals surface area contributed by atoms with Crippen molar-refractivity contribution in [1.29, 1.82) is 0 Å². The predicted octanol–water partition coefficient (Wildman–Crippen LogP) is 3.31. The standard InChI is InChI=1S/C24H36N8/c1-17-20-16-31(24-23-22(25-19(3)26-24)18(2)27-29(23)4)15-10-21(20)32(28-17)14-7-5-6-11-30-12-8-9-13-30/h5-16H2,1-4H3. The molecule has 0 radical (unpaired) electrons. The molecule has 1 saturated heterocycles. The van der Waals surface area contributed by atoms with Gasteiger partial charge in [0.1, 0.15) is 16.9 Å². The molecule has 2 aliphatic heterocycles. The third kappa shape index (κ3) is 4.00. The van der Waals surface area contributed by atoms with Crippen LogP contribution in [-0.4, -0.2) is 60.6 Å². The van der Waals surface area contributed by atoms with Gasteiger partial charge in [-0.3, -0.25) is 9.36 Å². The lowest BCUT2D eigenvalue weighted by molar-refractivity contribution is 0.326. The first-order valence-electron chi connectivity index (χ1n) is 12.2. The molecule has 8 heteroatoms. The summed E-state index contributed by atoms with van der Waals surface area (Å²) in [5, 5.41) is 9.52. The third-order valence-electron chi connectivity index (χ3n) is 7.12. The number of likely N-dealkylation sites (tertiary alicyclic amines) is 1. The highest BCUT2D eigenvalue weighted by Gasteiger charge is 2.27. The Hall–Kier alpha value is -2.48. The third-order valence-corrected chi connectivity index (χ3v) is 7.12. The molecule has 5 rings (SSSR count). The van der Waals surface area contributed by atoms with Crippen LogP contribution >= 0.6 is 0 Å². The maximum Gasteiger partial charge on any atom is 0.158 e. The van der Waals surface area contributed by atoms with Crippen LogP contribution in [0.5, 0.6) is 0 Å². The Kier molecular flexibility index (Phi) is 5.88. The van der Waals surface area contributed by atoms with Gasteiger partial charge in [-0.2, -0.15) is 10.2 Å². The molecule has 3 aromatic heterocycles. The maximum atomic E-state index is 4.93. The van der Waals surface area contributed by atoms with Crippen molar-refractivity contribution in [3.05, 3.63) is 28.5 Å². The van der Waals surface area contributed by atoms with Crippen LogP contribution in [0.15, 0.2) is 0 Å². The van der Waals surface area contributed by atoms with Crippen molar-refractivity contribution >= 4 is 16.9 Å². The fourth-order valence-corrected chi connectivity index (χ4v) is 5.45. The first kappa shape index (κ1) is 21.4. The van der Waals surface area contributed by atoms with Crippen LogP contribution in [-0.2, 0) is 26.6 Å². The van der Waals surface area contributed by atoms with E-state index < -0.39 is 0 Å². The lowest BCUT2D eigenvalue weighted by atomic mass is 10.1. The first-order valence-corrected chi connectivity index (χ1v) is 12.2. The van der Waals surface area contributed by atoms with Gasteiger partial charge in [0.05, 0.1) is 11.4 Å². The molecule has 32 heavy (non-hydrogen) atoms. The average Bonchev–Trinajstić information content (AvgIpc) is 3.47. The van der Waals surface area contributed by atoms with Crippen molar-refractivity contribution in [2.24, 2.45) is 7.05 Å². The van der Waals surface area contributed by atoms with Gasteiger partial charge in [0.25, 0.3) is 0 Å². The van der Waals surface area contributed by atoms with E-state index in [2.05, 4.69) is 31.5 Å². The molecule has 0 spiro atoms. The first-order chi connectivity index (χ1) is 15.5. The summed E-state index contributed by atoms with van der Waals surface area (Å²) < 4.78 is 4.21. The molecule has 2 aliphatic rings. The second-order valence-electron chi connectivity index (χ2n) is 9.52. The van der Waals surface area contributed by atoms with Crippen molar-refractivity contribution in [3.63, 3.8) is 0 Å². The number of rotatable bonds is 7. The molecule has 0 aromatic carbocycles. The molecule has 1 fully saturated rings. The van der Waals surface area contributed by atoms with E-state index >= 15 is 0 Å². The average molecular weight is 437 g/mol. The molecular formula is C24H36N8. The summed E-state index contributed by atoms with van der Waals surface area (Å²) in [6, 6.07) is 0. The highest BCUT2D eigenvalue weighted by atomic mass is 15.3. The lowest BCUT2D eigenvalue weighted by Crippen LogP contribution is -2.32. The minimum Gasteiger partial charge on any atom is -0.350 e. The summed E-state index contributed by atoms with van der Waals surface area (Å²) >= 11 is 0. The van der Waals surface area contributed by atoms with Gasteiger partial charge >= 0.3 is 0 Å². The highest BCUT2D eigenvalue weighted by molar-refractivity contribution is 5.88. The maximum absolute atomic E-state index is 4.93. The molecule has 0 unspecified atom stereocenters. The number of nitrogens with zero attached hydrogens (tertiary/aromatic N) is 8. The van der Waals surface area contributed by atoms with Crippen molar-refractivity contribution in [2.45, 2.75) is 72.4 Å². The zero-order chi connectivity index (χ0) is 22.2. The SMILES string of the molecule is Cc1nc(N2CCc3c(c(C)nn3CCCCCN3CCCC3)C2)c2c(n1)c(C)nn2C. The van der Waals surface area contributed by atoms with Crippen LogP contribution in [0, 0.1) is 20.8 Å². The lowest BCUT2D eigenvalue weighted by Gasteiger charge is -2.29. The van der Waals surface area contributed by atoms with Crippen LogP contribution in [0.25, 0.3) is 11.0 Å². The van der Waals surface area contributed by atoms with Gasteiger partial charge in [-0.05, 0) is 66.1 Å². The summed E-state index contributed by atoms with van der Waals surface area (Å²) in [5.74, 6) is 1.80. The van der Waals surface area contributed by atoms with Crippen LogP contribution in [0.4, 0.5) is 5.82 Å². The van der Waals surface area contributed by atoms with Gasteiger partial charge in [-0.15, -0.1) is 0 Å². The van der Waals surface area contributed by atoms with E-state index in [-0.39, 0.29) is 0 Å². The van der Waals surface area contributed by atoms with Crippen molar-refractivity contribution in [2.75, 3.05) is 31.1 Å². The fourth-order valence-electron chi connectivity index (χ4n) is 5.45. The van der Waals surface area contributed by atoms with E-state index in [9.17, 15) is 0 Å². The summed E-state index contributed by atoms with van der Waals surface area (Å²) in [4.78, 5) is 14.5. The normalized spacial score (nSPS) is 16.9. The van der Waals surface area contributed by atoms with Crippen molar-refractivity contribution in [1.82, 2.24) is 34.4 Å². The van der Waals surface area contributed by atoms with E-state index in [4.69, 9.17) is 10.1 Å². The smallest absolute Gasteiger partial charge is 0.158 e. The number of fused-ring (bicyclic) bond motifs is 2. The predicted molar refractivity (Wildman–Crippen MR) is 127 cm³/mol. The number of unbranched alkanes of at least 4 members (excludes halogenated alkanes) is 2. The highest BCUT2D eigenvalue weighted by Crippen LogP contribution is 2.31. The molecule has 3 aromatic rings. The van der Waals surface area contributed by atoms with Gasteiger partial charge in [0.15, 0.2) is 5.82 Å². The minimum absolute atomic E-state index is 0.802. The number of anilines is 1. The minimum atomic E-state index is 0.802. The summed E-state index contributed by atoms with van der Waals surface area (Å²) in [7, 11) is 1.99. The van der Waals surface area contributed by atoms with Gasteiger partial charge in [0.2, 0.25) is 0 Å². The van der Waals surface area contributed by atoms with Gasteiger partial charge in [0, 0.05) is 44.4 Å². The van der Waals surface area contributed by atoms with E-state index in [1.165, 1.54) is 63.0 Å². The number of aryl methyl sites for hydroxylation is 5. The molecular weight excluding hydrogens is 400 g/mol. The molecule has 0 amide bonds. The van der Waals surface area contributed by atoms with Crippen LogP contribution in [0.2, 0.25) is 0 Å². The second kappa shape index (κ2) is 8.81. The molecule has 0 saturated carbocycles. The van der Waals surface area contributed by atoms with Crippen LogP contribution in [0.3, 0.4) is 0 Å². The van der Waals surface area contributed by atoms with Crippen molar-refractivity contribution < 1.29 is 0 Å². The largest absolute Gasteiger partial charge is 0.350 e. The summed E-state index contributed by atoms with van der Waals surface area (Å²) in [6.07, 6.45) is 7.58. The van der Waals surface area contributed by atoms with Crippen LogP contribution in [0.1, 0.15) is 60.6 Å². The number of aromatic nitrogens is 6.